The van der Waals surface area contributed by atoms with E-state index in [1.807, 2.05) is 31.2 Å². The highest BCUT2D eigenvalue weighted by molar-refractivity contribution is 7.18. The first-order chi connectivity index (χ1) is 10.6. The van der Waals surface area contributed by atoms with Crippen molar-refractivity contribution in [3.05, 3.63) is 63.6 Å². The van der Waals surface area contributed by atoms with Gasteiger partial charge in [-0.15, -0.1) is 11.3 Å². The van der Waals surface area contributed by atoms with E-state index in [9.17, 15) is 4.79 Å². The first kappa shape index (κ1) is 14.7. The molecule has 0 saturated carbocycles. The average molecular weight is 330 g/mol. The van der Waals surface area contributed by atoms with Crippen molar-refractivity contribution in [2.45, 2.75) is 6.92 Å². The highest BCUT2D eigenvalue weighted by Gasteiger charge is 2.09. The Morgan fingerprint density at radius 2 is 1.77 bits per heavy atom. The molecule has 0 atom stereocenters. The normalized spacial score (nSPS) is 10.5. The lowest BCUT2D eigenvalue weighted by atomic mass is 10.1. The summed E-state index contributed by atoms with van der Waals surface area (Å²) in [5.74, 6) is 0.403. The maximum atomic E-state index is 12.0. The van der Waals surface area contributed by atoms with Gasteiger partial charge in [0.1, 0.15) is 0 Å². The van der Waals surface area contributed by atoms with E-state index in [1.165, 1.54) is 16.9 Å². The van der Waals surface area contributed by atoms with Gasteiger partial charge < -0.3 is 5.32 Å². The number of rotatable bonds is 3. The van der Waals surface area contributed by atoms with Crippen molar-refractivity contribution in [1.29, 1.82) is 0 Å². The number of amides is 1. The maximum absolute atomic E-state index is 12.0. The van der Waals surface area contributed by atoms with Gasteiger partial charge in [-0.1, -0.05) is 41.4 Å². The van der Waals surface area contributed by atoms with Crippen LogP contribution in [0.4, 0.5) is 5.69 Å². The molecule has 0 saturated heterocycles. The van der Waals surface area contributed by atoms with Gasteiger partial charge in [0.25, 0.3) is 5.91 Å². The standard InChI is InChI=1S/C16H12ClN3OS/c1-10-2-4-11(5-3-10)15-18-8-12(9-19-15)20-16(21)13-6-7-14(17)22-13/h2-9H,1H3,(H,20,21). The Morgan fingerprint density at radius 1 is 1.09 bits per heavy atom. The van der Waals surface area contributed by atoms with Crippen molar-refractivity contribution in [2.24, 2.45) is 0 Å². The highest BCUT2D eigenvalue weighted by Crippen LogP contribution is 2.22. The fourth-order valence-electron chi connectivity index (χ4n) is 1.87. The smallest absolute Gasteiger partial charge is 0.265 e. The second kappa shape index (κ2) is 6.25. The summed E-state index contributed by atoms with van der Waals surface area (Å²) in [6.45, 7) is 2.03. The van der Waals surface area contributed by atoms with E-state index in [0.29, 0.717) is 20.7 Å². The van der Waals surface area contributed by atoms with Crippen molar-refractivity contribution >= 4 is 34.5 Å². The lowest BCUT2D eigenvalue weighted by Gasteiger charge is -2.04. The molecule has 0 spiro atoms. The summed E-state index contributed by atoms with van der Waals surface area (Å²) >= 11 is 7.05. The first-order valence-corrected chi connectivity index (χ1v) is 7.77. The van der Waals surface area contributed by atoms with Crippen LogP contribution in [0.15, 0.2) is 48.8 Å². The van der Waals surface area contributed by atoms with Gasteiger partial charge in [-0.2, -0.15) is 0 Å². The molecule has 1 aromatic carbocycles. The van der Waals surface area contributed by atoms with Gasteiger partial charge >= 0.3 is 0 Å². The Bertz CT molecular complexity index is 797. The van der Waals surface area contributed by atoms with Crippen molar-refractivity contribution in [3.63, 3.8) is 0 Å². The van der Waals surface area contributed by atoms with Crippen molar-refractivity contribution in [3.8, 4) is 11.4 Å². The molecule has 3 aromatic rings. The number of carbonyl (C=O) groups excluding carboxylic acids is 1. The monoisotopic (exact) mass is 329 g/mol. The molecule has 1 amide bonds. The van der Waals surface area contributed by atoms with Crippen LogP contribution in [-0.2, 0) is 0 Å². The highest BCUT2D eigenvalue weighted by atomic mass is 35.5. The summed E-state index contributed by atoms with van der Waals surface area (Å²) < 4.78 is 0.580. The zero-order chi connectivity index (χ0) is 15.5. The lowest BCUT2D eigenvalue weighted by molar-refractivity contribution is 0.103. The molecule has 0 fully saturated rings. The molecule has 6 heteroatoms. The van der Waals surface area contributed by atoms with E-state index in [0.717, 1.165) is 5.56 Å². The molecule has 2 heterocycles. The predicted octanol–water partition coefficient (Wildman–Crippen LogP) is 4.42. The number of benzene rings is 1. The minimum atomic E-state index is -0.219. The molecular formula is C16H12ClN3OS. The average Bonchev–Trinajstić information content (AvgIpc) is 2.96. The van der Waals surface area contributed by atoms with E-state index in [4.69, 9.17) is 11.6 Å². The molecule has 0 unspecified atom stereocenters. The van der Waals surface area contributed by atoms with Crippen LogP contribution in [0.2, 0.25) is 4.34 Å². The zero-order valence-corrected chi connectivity index (χ0v) is 13.3. The summed E-state index contributed by atoms with van der Waals surface area (Å²) in [6, 6.07) is 11.3. The van der Waals surface area contributed by atoms with Crippen LogP contribution in [0.3, 0.4) is 0 Å². The minimum Gasteiger partial charge on any atom is -0.319 e. The van der Waals surface area contributed by atoms with Crippen LogP contribution in [0.1, 0.15) is 15.2 Å². The van der Waals surface area contributed by atoms with E-state index in [2.05, 4.69) is 15.3 Å². The number of nitrogens with zero attached hydrogens (tertiary/aromatic N) is 2. The van der Waals surface area contributed by atoms with E-state index in [-0.39, 0.29) is 5.91 Å². The van der Waals surface area contributed by atoms with Gasteiger partial charge in [0.05, 0.1) is 27.3 Å². The SMILES string of the molecule is Cc1ccc(-c2ncc(NC(=O)c3ccc(Cl)s3)cn2)cc1. The van der Waals surface area contributed by atoms with Crippen molar-refractivity contribution < 1.29 is 4.79 Å². The largest absolute Gasteiger partial charge is 0.319 e. The molecule has 4 nitrogen and oxygen atoms in total. The molecule has 3 rings (SSSR count). The molecule has 0 aliphatic rings. The molecule has 1 N–H and O–H groups in total. The number of anilines is 1. The molecule has 0 aliphatic heterocycles. The van der Waals surface area contributed by atoms with Gasteiger partial charge in [0.15, 0.2) is 5.82 Å². The maximum Gasteiger partial charge on any atom is 0.265 e. The summed E-state index contributed by atoms with van der Waals surface area (Å²) in [6.07, 6.45) is 3.19. The lowest BCUT2D eigenvalue weighted by Crippen LogP contribution is -2.10. The van der Waals surface area contributed by atoms with Gasteiger partial charge in [-0.25, -0.2) is 9.97 Å². The molecule has 110 valence electrons. The van der Waals surface area contributed by atoms with Crippen LogP contribution in [0.5, 0.6) is 0 Å². The second-order valence-electron chi connectivity index (χ2n) is 4.72. The molecular weight excluding hydrogens is 318 g/mol. The molecule has 0 aliphatic carbocycles. The van der Waals surface area contributed by atoms with Crippen LogP contribution >= 0.6 is 22.9 Å². The number of hydrogen-bond donors (Lipinski definition) is 1. The van der Waals surface area contributed by atoms with E-state index in [1.54, 1.807) is 24.5 Å². The molecule has 2 aromatic heterocycles. The number of aromatic nitrogens is 2. The quantitative estimate of drug-likeness (QED) is 0.774. The third-order valence-corrected chi connectivity index (χ3v) is 4.25. The van der Waals surface area contributed by atoms with Gasteiger partial charge in [-0.3, -0.25) is 4.79 Å². The van der Waals surface area contributed by atoms with Gasteiger partial charge in [0, 0.05) is 5.56 Å². The van der Waals surface area contributed by atoms with Gasteiger partial charge in [-0.05, 0) is 19.1 Å². The molecule has 0 radical (unpaired) electrons. The Hall–Kier alpha value is -2.24. The Kier molecular flexibility index (Phi) is 4.18. The number of nitrogens with one attached hydrogen (secondary N) is 1. The van der Waals surface area contributed by atoms with E-state index >= 15 is 0 Å². The van der Waals surface area contributed by atoms with Crippen LogP contribution in [0, 0.1) is 6.92 Å². The third-order valence-electron chi connectivity index (χ3n) is 3.02. The van der Waals surface area contributed by atoms with Crippen molar-refractivity contribution in [2.75, 3.05) is 5.32 Å². The molecule has 22 heavy (non-hydrogen) atoms. The first-order valence-electron chi connectivity index (χ1n) is 6.57. The van der Waals surface area contributed by atoms with Crippen molar-refractivity contribution in [1.82, 2.24) is 9.97 Å². The van der Waals surface area contributed by atoms with Crippen LogP contribution in [0.25, 0.3) is 11.4 Å². The Balaban J connectivity index is 1.74. The topological polar surface area (TPSA) is 54.9 Å². The fourth-order valence-corrected chi connectivity index (χ4v) is 2.81. The Labute approximate surface area is 136 Å². The Morgan fingerprint density at radius 3 is 2.36 bits per heavy atom. The van der Waals surface area contributed by atoms with Crippen LogP contribution in [-0.4, -0.2) is 15.9 Å². The number of aryl methyl sites for hydroxylation is 1. The summed E-state index contributed by atoms with van der Waals surface area (Å²) in [5.41, 5.74) is 2.67. The third kappa shape index (κ3) is 3.32. The molecule has 0 bridgehead atoms. The van der Waals surface area contributed by atoms with Crippen LogP contribution < -0.4 is 5.32 Å². The minimum absolute atomic E-state index is 0.219. The fraction of sp³-hybridized carbons (Fsp3) is 0.0625. The zero-order valence-electron chi connectivity index (χ0n) is 11.7. The van der Waals surface area contributed by atoms with E-state index < -0.39 is 0 Å². The summed E-state index contributed by atoms with van der Waals surface area (Å²) in [5, 5.41) is 2.75. The summed E-state index contributed by atoms with van der Waals surface area (Å²) in [7, 11) is 0. The number of thiophene rings is 1. The number of carbonyl (C=O) groups is 1. The number of hydrogen-bond acceptors (Lipinski definition) is 4. The summed E-state index contributed by atoms with van der Waals surface area (Å²) in [4.78, 5) is 21.1. The van der Waals surface area contributed by atoms with Gasteiger partial charge in [0.2, 0.25) is 0 Å². The number of halogens is 1. The second-order valence-corrected chi connectivity index (χ2v) is 6.43. The predicted molar refractivity (Wildman–Crippen MR) is 89.5 cm³/mol.